The van der Waals surface area contributed by atoms with Crippen LogP contribution in [0.3, 0.4) is 0 Å². The second-order valence-electron chi connectivity index (χ2n) is 6.38. The average molecular weight is 283 g/mol. The molecule has 1 N–H and O–H groups in total. The third-order valence-electron chi connectivity index (χ3n) is 4.38. The van der Waals surface area contributed by atoms with Crippen LogP contribution in [-0.2, 0) is 6.54 Å². The molecule has 3 heteroatoms. The Morgan fingerprint density at radius 3 is 3.05 bits per heavy atom. The summed E-state index contributed by atoms with van der Waals surface area (Å²) in [5.74, 6) is 0.800. The number of aromatic nitrogens is 1. The Kier molecular flexibility index (Phi) is 4.51. The number of hydrogen-bond acceptors (Lipinski definition) is 3. The first-order valence-electron chi connectivity index (χ1n) is 7.96. The lowest BCUT2D eigenvalue weighted by molar-refractivity contribution is 0.206. The van der Waals surface area contributed by atoms with E-state index in [0.29, 0.717) is 0 Å². The van der Waals surface area contributed by atoms with Gasteiger partial charge in [-0.05, 0) is 69.6 Å². The van der Waals surface area contributed by atoms with Gasteiger partial charge in [0.1, 0.15) is 0 Å². The second-order valence-corrected chi connectivity index (χ2v) is 6.38. The first kappa shape index (κ1) is 14.5. The van der Waals surface area contributed by atoms with Gasteiger partial charge in [-0.1, -0.05) is 12.1 Å². The SMILES string of the molecule is Cc1ccc2cc(CNCC3CCCN(C)C3)ccc2n1. The van der Waals surface area contributed by atoms with Gasteiger partial charge in [0.05, 0.1) is 5.52 Å². The largest absolute Gasteiger partial charge is 0.312 e. The third kappa shape index (κ3) is 3.80. The molecule has 0 aliphatic carbocycles. The van der Waals surface area contributed by atoms with Crippen molar-refractivity contribution in [2.45, 2.75) is 26.3 Å². The molecule has 1 aliphatic heterocycles. The van der Waals surface area contributed by atoms with Crippen molar-refractivity contribution in [1.29, 1.82) is 0 Å². The fraction of sp³-hybridized carbons (Fsp3) is 0.500. The second kappa shape index (κ2) is 6.54. The lowest BCUT2D eigenvalue weighted by Crippen LogP contribution is -2.37. The molecule has 1 saturated heterocycles. The quantitative estimate of drug-likeness (QED) is 0.935. The summed E-state index contributed by atoms with van der Waals surface area (Å²) in [4.78, 5) is 7.00. The summed E-state index contributed by atoms with van der Waals surface area (Å²) in [5.41, 5.74) is 3.51. The number of nitrogens with one attached hydrogen (secondary N) is 1. The molecule has 1 aromatic carbocycles. The van der Waals surface area contributed by atoms with Crippen molar-refractivity contribution in [2.24, 2.45) is 5.92 Å². The Bertz CT molecular complexity index is 608. The van der Waals surface area contributed by atoms with E-state index in [-0.39, 0.29) is 0 Å². The van der Waals surface area contributed by atoms with Gasteiger partial charge >= 0.3 is 0 Å². The molecule has 1 atom stereocenters. The number of pyridine rings is 1. The Morgan fingerprint density at radius 2 is 2.19 bits per heavy atom. The topological polar surface area (TPSA) is 28.2 Å². The van der Waals surface area contributed by atoms with E-state index in [0.717, 1.165) is 30.2 Å². The van der Waals surface area contributed by atoms with Crippen molar-refractivity contribution in [3.63, 3.8) is 0 Å². The van der Waals surface area contributed by atoms with Crippen LogP contribution < -0.4 is 5.32 Å². The Labute approximate surface area is 127 Å². The van der Waals surface area contributed by atoms with Gasteiger partial charge in [-0.3, -0.25) is 4.98 Å². The van der Waals surface area contributed by atoms with Crippen LogP contribution in [0.1, 0.15) is 24.1 Å². The van der Waals surface area contributed by atoms with Gasteiger partial charge < -0.3 is 10.2 Å². The number of fused-ring (bicyclic) bond motifs is 1. The highest BCUT2D eigenvalue weighted by Gasteiger charge is 2.16. The summed E-state index contributed by atoms with van der Waals surface area (Å²) >= 11 is 0. The summed E-state index contributed by atoms with van der Waals surface area (Å²) in [5, 5.41) is 4.85. The fourth-order valence-corrected chi connectivity index (χ4v) is 3.25. The Hall–Kier alpha value is -1.45. The van der Waals surface area contributed by atoms with Crippen LogP contribution in [-0.4, -0.2) is 36.6 Å². The molecule has 1 aromatic heterocycles. The summed E-state index contributed by atoms with van der Waals surface area (Å²) < 4.78 is 0. The normalized spacial score (nSPS) is 20.0. The van der Waals surface area contributed by atoms with Crippen molar-refractivity contribution < 1.29 is 0 Å². The molecule has 2 heterocycles. The average Bonchev–Trinajstić information content (AvgIpc) is 2.47. The standard InChI is InChI=1S/C18H25N3/c1-14-5-7-17-10-15(6-8-18(17)20-14)11-19-12-16-4-3-9-21(2)13-16/h5-8,10,16,19H,3-4,9,11-13H2,1-2H3. The molecule has 1 fully saturated rings. The Morgan fingerprint density at radius 1 is 1.29 bits per heavy atom. The molecular weight excluding hydrogens is 258 g/mol. The van der Waals surface area contributed by atoms with Crippen LogP contribution in [0.5, 0.6) is 0 Å². The lowest BCUT2D eigenvalue weighted by Gasteiger charge is -2.29. The van der Waals surface area contributed by atoms with E-state index >= 15 is 0 Å². The summed E-state index contributed by atoms with van der Waals surface area (Å²) in [6.07, 6.45) is 2.70. The van der Waals surface area contributed by atoms with Gasteiger partial charge in [-0.15, -0.1) is 0 Å². The highest BCUT2D eigenvalue weighted by atomic mass is 15.1. The molecule has 3 nitrogen and oxygen atoms in total. The van der Waals surface area contributed by atoms with Gasteiger partial charge in [0.2, 0.25) is 0 Å². The van der Waals surface area contributed by atoms with E-state index in [1.54, 1.807) is 0 Å². The van der Waals surface area contributed by atoms with Crippen LogP contribution in [0, 0.1) is 12.8 Å². The molecule has 0 spiro atoms. The number of aryl methyl sites for hydroxylation is 1. The molecule has 3 rings (SSSR count). The van der Waals surface area contributed by atoms with E-state index < -0.39 is 0 Å². The summed E-state index contributed by atoms with van der Waals surface area (Å²) in [7, 11) is 2.23. The lowest BCUT2D eigenvalue weighted by atomic mass is 9.98. The smallest absolute Gasteiger partial charge is 0.0705 e. The maximum absolute atomic E-state index is 4.55. The highest BCUT2D eigenvalue weighted by molar-refractivity contribution is 5.79. The molecule has 1 unspecified atom stereocenters. The van der Waals surface area contributed by atoms with Crippen molar-refractivity contribution in [1.82, 2.24) is 15.2 Å². The number of rotatable bonds is 4. The minimum atomic E-state index is 0.800. The summed E-state index contributed by atoms with van der Waals surface area (Å²) in [6, 6.07) is 10.8. The number of piperidine rings is 1. The van der Waals surface area contributed by atoms with E-state index in [1.807, 2.05) is 6.92 Å². The first-order valence-corrected chi connectivity index (χ1v) is 7.96. The molecule has 1 aliphatic rings. The number of benzene rings is 1. The molecule has 0 radical (unpaired) electrons. The maximum Gasteiger partial charge on any atom is 0.0705 e. The maximum atomic E-state index is 4.55. The van der Waals surface area contributed by atoms with Crippen LogP contribution >= 0.6 is 0 Å². The highest BCUT2D eigenvalue weighted by Crippen LogP contribution is 2.16. The molecule has 21 heavy (non-hydrogen) atoms. The minimum absolute atomic E-state index is 0.800. The molecule has 0 amide bonds. The predicted octanol–water partition coefficient (Wildman–Crippen LogP) is 2.97. The monoisotopic (exact) mass is 283 g/mol. The van der Waals surface area contributed by atoms with Crippen molar-refractivity contribution in [3.8, 4) is 0 Å². The van der Waals surface area contributed by atoms with E-state index in [9.17, 15) is 0 Å². The third-order valence-corrected chi connectivity index (χ3v) is 4.38. The minimum Gasteiger partial charge on any atom is -0.312 e. The van der Waals surface area contributed by atoms with Gasteiger partial charge in [0.25, 0.3) is 0 Å². The molecule has 0 saturated carbocycles. The molecule has 112 valence electrons. The van der Waals surface area contributed by atoms with Crippen LogP contribution in [0.2, 0.25) is 0 Å². The van der Waals surface area contributed by atoms with Crippen LogP contribution in [0.4, 0.5) is 0 Å². The number of nitrogens with zero attached hydrogens (tertiary/aromatic N) is 2. The van der Waals surface area contributed by atoms with Gasteiger partial charge in [-0.2, -0.15) is 0 Å². The molecule has 0 bridgehead atoms. The van der Waals surface area contributed by atoms with Gasteiger partial charge in [0, 0.05) is 24.2 Å². The predicted molar refractivity (Wildman–Crippen MR) is 88.4 cm³/mol. The summed E-state index contributed by atoms with van der Waals surface area (Å²) in [6.45, 7) is 6.59. The van der Waals surface area contributed by atoms with Crippen molar-refractivity contribution in [3.05, 3.63) is 41.6 Å². The zero-order valence-electron chi connectivity index (χ0n) is 13.1. The van der Waals surface area contributed by atoms with Crippen molar-refractivity contribution >= 4 is 10.9 Å². The zero-order chi connectivity index (χ0) is 14.7. The van der Waals surface area contributed by atoms with Crippen LogP contribution in [0.25, 0.3) is 10.9 Å². The fourth-order valence-electron chi connectivity index (χ4n) is 3.25. The van der Waals surface area contributed by atoms with Gasteiger partial charge in [-0.25, -0.2) is 0 Å². The zero-order valence-corrected chi connectivity index (χ0v) is 13.1. The van der Waals surface area contributed by atoms with Crippen molar-refractivity contribution in [2.75, 3.05) is 26.7 Å². The van der Waals surface area contributed by atoms with E-state index in [4.69, 9.17) is 0 Å². The van der Waals surface area contributed by atoms with Crippen LogP contribution in [0.15, 0.2) is 30.3 Å². The van der Waals surface area contributed by atoms with Gasteiger partial charge in [0.15, 0.2) is 0 Å². The first-order chi connectivity index (χ1) is 10.2. The molecular formula is C18H25N3. The van der Waals surface area contributed by atoms with E-state index in [2.05, 4.69) is 52.6 Å². The Balaban J connectivity index is 1.56. The van der Waals surface area contributed by atoms with E-state index in [1.165, 1.54) is 36.9 Å². The number of hydrogen-bond donors (Lipinski definition) is 1. The number of likely N-dealkylation sites (tertiary alicyclic amines) is 1. The molecule has 2 aromatic rings.